The lowest BCUT2D eigenvalue weighted by Crippen LogP contribution is -2.55. The highest BCUT2D eigenvalue weighted by molar-refractivity contribution is 5.74. The van der Waals surface area contributed by atoms with Gasteiger partial charge in [0.2, 0.25) is 0 Å². The fraction of sp³-hybridized carbons (Fsp3) is 0.778. The lowest BCUT2D eigenvalue weighted by atomic mass is 10.2. The Morgan fingerprint density at radius 3 is 1.09 bits per heavy atom. The van der Waals surface area contributed by atoms with Crippen LogP contribution in [0.25, 0.3) is 0 Å². The molecule has 0 saturated carbocycles. The van der Waals surface area contributed by atoms with Crippen molar-refractivity contribution >= 4 is 23.9 Å². The monoisotopic (exact) mass is 464 g/mol. The van der Waals surface area contributed by atoms with Crippen LogP contribution < -0.4 is 0 Å². The third-order valence-corrected chi connectivity index (χ3v) is 5.33. The molecule has 32 heavy (non-hydrogen) atoms. The SMILES string of the molecule is O=C(O)CN1CCN(CC(=O)O)CCN(C(CO)C(=O)O)CCN(C(CO)C(=O)O)CC1. The molecule has 1 heterocycles. The molecule has 2 atom stereocenters. The maximum Gasteiger partial charge on any atom is 0.323 e. The van der Waals surface area contributed by atoms with E-state index >= 15 is 0 Å². The number of nitrogens with zero attached hydrogens (tertiary/aromatic N) is 4. The zero-order valence-corrected chi connectivity index (χ0v) is 17.7. The largest absolute Gasteiger partial charge is 0.480 e. The molecule has 0 bridgehead atoms. The molecule has 14 nitrogen and oxygen atoms in total. The first-order valence-electron chi connectivity index (χ1n) is 10.1. The van der Waals surface area contributed by atoms with Crippen LogP contribution in [0.15, 0.2) is 0 Å². The van der Waals surface area contributed by atoms with Gasteiger partial charge in [-0.1, -0.05) is 0 Å². The highest BCUT2D eigenvalue weighted by Crippen LogP contribution is 2.08. The summed E-state index contributed by atoms with van der Waals surface area (Å²) in [5.74, 6) is -4.74. The Kier molecular flexibility index (Phi) is 12.0. The number of aliphatic hydroxyl groups excluding tert-OH is 2. The van der Waals surface area contributed by atoms with Gasteiger partial charge in [-0.05, 0) is 0 Å². The maximum atomic E-state index is 11.6. The molecule has 1 aliphatic rings. The average molecular weight is 464 g/mol. The summed E-state index contributed by atoms with van der Waals surface area (Å²) >= 11 is 0. The molecule has 0 aromatic carbocycles. The van der Waals surface area contributed by atoms with Crippen LogP contribution in [0.4, 0.5) is 0 Å². The molecule has 1 rings (SSSR count). The van der Waals surface area contributed by atoms with Crippen molar-refractivity contribution in [3.05, 3.63) is 0 Å². The van der Waals surface area contributed by atoms with Crippen molar-refractivity contribution in [2.45, 2.75) is 12.1 Å². The quantitative estimate of drug-likeness (QED) is 0.184. The standard InChI is InChI=1S/C18H32N4O10/c23-11-13(17(29)30)21-5-3-19(9-15(25)26)1-2-20(10-16(27)28)4-6-22(8-7-21)14(12-24)18(31)32/h13-14,23-24H,1-12H2,(H,25,26)(H,27,28)(H,29,30)(H,31,32). The van der Waals surface area contributed by atoms with E-state index in [1.165, 1.54) is 9.80 Å². The molecule has 0 aromatic heterocycles. The summed E-state index contributed by atoms with van der Waals surface area (Å²) < 4.78 is 0. The Labute approximate surface area is 184 Å². The van der Waals surface area contributed by atoms with Gasteiger partial charge in [-0.25, -0.2) is 0 Å². The summed E-state index contributed by atoms with van der Waals surface area (Å²) in [6, 6.07) is -2.54. The minimum atomic E-state index is -1.28. The lowest BCUT2D eigenvalue weighted by molar-refractivity contribution is -0.148. The number of rotatable bonds is 10. The molecule has 184 valence electrons. The Hall–Kier alpha value is -2.36. The number of carboxylic acids is 4. The Morgan fingerprint density at radius 1 is 0.562 bits per heavy atom. The van der Waals surface area contributed by atoms with E-state index in [9.17, 15) is 39.6 Å². The van der Waals surface area contributed by atoms with Crippen LogP contribution in [-0.2, 0) is 19.2 Å². The van der Waals surface area contributed by atoms with E-state index in [0.29, 0.717) is 0 Å². The van der Waals surface area contributed by atoms with Crippen LogP contribution >= 0.6 is 0 Å². The van der Waals surface area contributed by atoms with Gasteiger partial charge < -0.3 is 30.6 Å². The Bertz CT molecular complexity index is 595. The van der Waals surface area contributed by atoms with Crippen LogP contribution in [0.2, 0.25) is 0 Å². The van der Waals surface area contributed by atoms with Crippen LogP contribution in [0.5, 0.6) is 0 Å². The molecular formula is C18H32N4O10. The third-order valence-electron chi connectivity index (χ3n) is 5.33. The number of hydrogen-bond donors (Lipinski definition) is 6. The van der Waals surface area contributed by atoms with Crippen molar-refractivity contribution in [2.75, 3.05) is 78.7 Å². The minimum Gasteiger partial charge on any atom is -0.480 e. The van der Waals surface area contributed by atoms with E-state index in [4.69, 9.17) is 10.2 Å². The van der Waals surface area contributed by atoms with Gasteiger partial charge in [0.1, 0.15) is 12.1 Å². The van der Waals surface area contributed by atoms with Gasteiger partial charge in [0.15, 0.2) is 0 Å². The zero-order valence-electron chi connectivity index (χ0n) is 17.7. The second-order valence-electron chi connectivity index (χ2n) is 7.48. The zero-order chi connectivity index (χ0) is 24.3. The third kappa shape index (κ3) is 9.42. The van der Waals surface area contributed by atoms with Crippen molar-refractivity contribution in [2.24, 2.45) is 0 Å². The van der Waals surface area contributed by atoms with Crippen molar-refractivity contribution in [3.63, 3.8) is 0 Å². The van der Waals surface area contributed by atoms with Gasteiger partial charge in [-0.2, -0.15) is 0 Å². The van der Waals surface area contributed by atoms with Crippen molar-refractivity contribution in [1.29, 1.82) is 0 Å². The molecular weight excluding hydrogens is 432 g/mol. The molecule has 0 aromatic rings. The molecule has 2 unspecified atom stereocenters. The summed E-state index contributed by atoms with van der Waals surface area (Å²) in [5, 5.41) is 56.3. The lowest BCUT2D eigenvalue weighted by Gasteiger charge is -2.36. The normalized spacial score (nSPS) is 20.6. The first-order chi connectivity index (χ1) is 15.1. The van der Waals surface area contributed by atoms with E-state index in [-0.39, 0.29) is 65.4 Å². The first-order valence-corrected chi connectivity index (χ1v) is 10.1. The maximum absolute atomic E-state index is 11.6. The van der Waals surface area contributed by atoms with Gasteiger partial charge in [0.25, 0.3) is 0 Å². The number of hydrogen-bond acceptors (Lipinski definition) is 10. The smallest absolute Gasteiger partial charge is 0.323 e. The van der Waals surface area contributed by atoms with Gasteiger partial charge in [-0.3, -0.25) is 38.8 Å². The summed E-state index contributed by atoms with van der Waals surface area (Å²) in [4.78, 5) is 51.5. The summed E-state index contributed by atoms with van der Waals surface area (Å²) in [6.07, 6.45) is 0. The summed E-state index contributed by atoms with van der Waals surface area (Å²) in [6.45, 7) is -1.18. The molecule has 6 N–H and O–H groups in total. The van der Waals surface area contributed by atoms with E-state index in [1.54, 1.807) is 9.80 Å². The predicted octanol–water partition coefficient (Wildman–Crippen LogP) is -3.73. The van der Waals surface area contributed by atoms with Gasteiger partial charge >= 0.3 is 23.9 Å². The first kappa shape index (κ1) is 27.7. The molecule has 0 spiro atoms. The molecule has 0 aliphatic carbocycles. The van der Waals surface area contributed by atoms with Crippen LogP contribution in [0, 0.1) is 0 Å². The van der Waals surface area contributed by atoms with Crippen LogP contribution in [0.1, 0.15) is 0 Å². The van der Waals surface area contributed by atoms with Crippen molar-refractivity contribution in [1.82, 2.24) is 19.6 Å². The highest BCUT2D eigenvalue weighted by Gasteiger charge is 2.30. The van der Waals surface area contributed by atoms with E-state index < -0.39 is 49.2 Å². The fourth-order valence-corrected chi connectivity index (χ4v) is 3.55. The molecule has 1 saturated heterocycles. The average Bonchev–Trinajstić information content (AvgIpc) is 2.68. The van der Waals surface area contributed by atoms with Gasteiger partial charge in [-0.15, -0.1) is 0 Å². The summed E-state index contributed by atoms with van der Waals surface area (Å²) in [7, 11) is 0. The molecule has 1 fully saturated rings. The van der Waals surface area contributed by atoms with E-state index in [0.717, 1.165) is 0 Å². The predicted molar refractivity (Wildman–Crippen MR) is 108 cm³/mol. The number of carbonyl (C=O) groups is 4. The second-order valence-corrected chi connectivity index (χ2v) is 7.48. The topological polar surface area (TPSA) is 203 Å². The van der Waals surface area contributed by atoms with Crippen LogP contribution in [-0.4, -0.2) is 165 Å². The molecule has 0 amide bonds. The van der Waals surface area contributed by atoms with Gasteiger partial charge in [0, 0.05) is 52.4 Å². The molecule has 14 heteroatoms. The van der Waals surface area contributed by atoms with Crippen molar-refractivity contribution in [3.8, 4) is 0 Å². The molecule has 0 radical (unpaired) electrons. The highest BCUT2D eigenvalue weighted by atomic mass is 16.4. The Morgan fingerprint density at radius 2 is 0.844 bits per heavy atom. The Balaban J connectivity index is 3.17. The summed E-state index contributed by atoms with van der Waals surface area (Å²) in [5.41, 5.74) is 0. The molecule has 1 aliphatic heterocycles. The van der Waals surface area contributed by atoms with Gasteiger partial charge in [0.05, 0.1) is 26.3 Å². The number of aliphatic carboxylic acids is 4. The van der Waals surface area contributed by atoms with E-state index in [1.807, 2.05) is 0 Å². The fourth-order valence-electron chi connectivity index (χ4n) is 3.55. The number of carboxylic acid groups (broad SMARTS) is 4. The van der Waals surface area contributed by atoms with Crippen LogP contribution in [0.3, 0.4) is 0 Å². The second kappa shape index (κ2) is 13.9. The number of aliphatic hydroxyl groups is 2. The van der Waals surface area contributed by atoms with E-state index in [2.05, 4.69) is 0 Å². The minimum absolute atomic E-state index is 0.0289. The van der Waals surface area contributed by atoms with Crippen molar-refractivity contribution < 1.29 is 49.8 Å².